The molecule has 0 atom stereocenters. The van der Waals surface area contributed by atoms with Crippen molar-refractivity contribution >= 4 is 5.91 Å². The average Bonchev–Trinajstić information content (AvgIpc) is 2.44. The van der Waals surface area contributed by atoms with Crippen LogP contribution in [-0.4, -0.2) is 67.7 Å². The monoisotopic (exact) mass is 283 g/mol. The number of carbonyl (C=O) groups excluding carboxylic acids is 1. The second-order valence-corrected chi connectivity index (χ2v) is 6.14. The van der Waals surface area contributed by atoms with E-state index < -0.39 is 0 Å². The van der Waals surface area contributed by atoms with E-state index in [1.165, 1.54) is 6.42 Å². The first-order valence-corrected chi connectivity index (χ1v) is 7.94. The minimum atomic E-state index is -0.144. The van der Waals surface area contributed by atoms with Crippen molar-refractivity contribution in [3.05, 3.63) is 0 Å². The van der Waals surface area contributed by atoms with Gasteiger partial charge in [0.2, 0.25) is 5.91 Å². The minimum absolute atomic E-state index is 0.144. The Kier molecular flexibility index (Phi) is 5.81. The van der Waals surface area contributed by atoms with Crippen molar-refractivity contribution in [1.82, 2.24) is 9.80 Å². The number of ether oxygens (including phenoxy) is 1. The standard InChI is InChI=1S/C15H29N3O2/c1-20-15(5-4-6-15)13-14(19)18-11-9-17(10-12-18)8-3-2-7-16/h2-13,16H2,1H3. The van der Waals surface area contributed by atoms with Crippen molar-refractivity contribution in [3.8, 4) is 0 Å². The maximum atomic E-state index is 12.3. The fraction of sp³-hybridized carbons (Fsp3) is 0.933. The van der Waals surface area contributed by atoms with Crippen molar-refractivity contribution < 1.29 is 9.53 Å². The summed E-state index contributed by atoms with van der Waals surface area (Å²) in [5.74, 6) is 0.271. The van der Waals surface area contributed by atoms with Gasteiger partial charge in [0.05, 0.1) is 12.0 Å². The van der Waals surface area contributed by atoms with Crippen LogP contribution in [0.15, 0.2) is 0 Å². The summed E-state index contributed by atoms with van der Waals surface area (Å²) in [6.07, 6.45) is 6.09. The van der Waals surface area contributed by atoms with Crippen LogP contribution in [0.3, 0.4) is 0 Å². The van der Waals surface area contributed by atoms with Crippen LogP contribution in [0.1, 0.15) is 38.5 Å². The molecule has 2 aliphatic rings. The van der Waals surface area contributed by atoms with Gasteiger partial charge < -0.3 is 15.4 Å². The number of hydrogen-bond acceptors (Lipinski definition) is 4. The number of piperazine rings is 1. The third kappa shape index (κ3) is 3.93. The van der Waals surface area contributed by atoms with Gasteiger partial charge in [-0.1, -0.05) is 0 Å². The number of unbranched alkanes of at least 4 members (excludes halogenated alkanes) is 1. The highest BCUT2D eigenvalue weighted by atomic mass is 16.5. The third-order valence-corrected chi connectivity index (χ3v) is 4.82. The van der Waals surface area contributed by atoms with E-state index in [1.54, 1.807) is 7.11 Å². The van der Waals surface area contributed by atoms with Crippen molar-refractivity contribution in [2.45, 2.75) is 44.1 Å². The molecule has 1 saturated carbocycles. The molecule has 0 spiro atoms. The van der Waals surface area contributed by atoms with Crippen LogP contribution in [0.2, 0.25) is 0 Å². The second kappa shape index (κ2) is 7.38. The second-order valence-electron chi connectivity index (χ2n) is 6.14. The number of nitrogens with zero attached hydrogens (tertiary/aromatic N) is 2. The van der Waals surface area contributed by atoms with E-state index in [2.05, 4.69) is 4.90 Å². The molecule has 0 bridgehead atoms. The highest BCUT2D eigenvalue weighted by Crippen LogP contribution is 2.38. The maximum Gasteiger partial charge on any atom is 0.225 e. The maximum absolute atomic E-state index is 12.3. The first-order chi connectivity index (χ1) is 9.69. The Balaban J connectivity index is 1.69. The van der Waals surface area contributed by atoms with Crippen molar-refractivity contribution in [2.75, 3.05) is 46.4 Å². The van der Waals surface area contributed by atoms with Gasteiger partial charge in [-0.15, -0.1) is 0 Å². The van der Waals surface area contributed by atoms with Gasteiger partial charge in [-0.25, -0.2) is 0 Å². The van der Waals surface area contributed by atoms with Crippen LogP contribution in [-0.2, 0) is 9.53 Å². The van der Waals surface area contributed by atoms with Crippen LogP contribution in [0, 0.1) is 0 Å². The summed E-state index contributed by atoms with van der Waals surface area (Å²) in [5, 5.41) is 0. The molecule has 20 heavy (non-hydrogen) atoms. The normalized spacial score (nSPS) is 22.6. The number of methoxy groups -OCH3 is 1. The largest absolute Gasteiger partial charge is 0.378 e. The van der Waals surface area contributed by atoms with E-state index in [0.717, 1.165) is 65.0 Å². The predicted octanol–water partition coefficient (Wildman–Crippen LogP) is 0.829. The topological polar surface area (TPSA) is 58.8 Å². The van der Waals surface area contributed by atoms with Gasteiger partial charge in [-0.3, -0.25) is 9.69 Å². The first-order valence-electron chi connectivity index (χ1n) is 7.94. The quantitative estimate of drug-likeness (QED) is 0.703. The van der Waals surface area contributed by atoms with Crippen molar-refractivity contribution in [2.24, 2.45) is 5.73 Å². The molecule has 1 amide bonds. The van der Waals surface area contributed by atoms with E-state index in [4.69, 9.17) is 10.5 Å². The molecule has 0 aromatic rings. The summed E-state index contributed by atoms with van der Waals surface area (Å²) in [4.78, 5) is 16.8. The van der Waals surface area contributed by atoms with E-state index in [0.29, 0.717) is 6.42 Å². The highest BCUT2D eigenvalue weighted by molar-refractivity contribution is 5.77. The molecule has 5 nitrogen and oxygen atoms in total. The Labute approximate surface area is 122 Å². The fourth-order valence-corrected chi connectivity index (χ4v) is 3.11. The van der Waals surface area contributed by atoms with Gasteiger partial charge in [-0.05, 0) is 45.2 Å². The zero-order valence-electron chi connectivity index (χ0n) is 12.8. The van der Waals surface area contributed by atoms with Crippen molar-refractivity contribution in [1.29, 1.82) is 0 Å². The average molecular weight is 283 g/mol. The molecule has 1 saturated heterocycles. The molecule has 0 radical (unpaired) electrons. The van der Waals surface area contributed by atoms with Gasteiger partial charge in [-0.2, -0.15) is 0 Å². The van der Waals surface area contributed by atoms with E-state index in [1.807, 2.05) is 4.90 Å². The van der Waals surface area contributed by atoms with Crippen LogP contribution >= 0.6 is 0 Å². The smallest absolute Gasteiger partial charge is 0.225 e. The molecule has 5 heteroatoms. The summed E-state index contributed by atoms with van der Waals surface area (Å²) in [5.41, 5.74) is 5.37. The Morgan fingerprint density at radius 3 is 2.40 bits per heavy atom. The molecular formula is C15H29N3O2. The van der Waals surface area contributed by atoms with Gasteiger partial charge >= 0.3 is 0 Å². The number of carbonyl (C=O) groups is 1. The van der Waals surface area contributed by atoms with Crippen LogP contribution in [0.4, 0.5) is 0 Å². The summed E-state index contributed by atoms with van der Waals surface area (Å²) in [6, 6.07) is 0. The zero-order valence-corrected chi connectivity index (χ0v) is 12.8. The lowest BCUT2D eigenvalue weighted by Gasteiger charge is -2.42. The zero-order chi connectivity index (χ0) is 14.4. The molecule has 116 valence electrons. The van der Waals surface area contributed by atoms with E-state index in [-0.39, 0.29) is 11.5 Å². The lowest BCUT2D eigenvalue weighted by molar-refractivity contribution is -0.145. The van der Waals surface area contributed by atoms with Crippen molar-refractivity contribution in [3.63, 3.8) is 0 Å². The molecule has 1 aliphatic carbocycles. The van der Waals surface area contributed by atoms with Gasteiger partial charge in [0.1, 0.15) is 0 Å². The van der Waals surface area contributed by atoms with E-state index in [9.17, 15) is 4.79 Å². The molecule has 2 rings (SSSR count). The lowest BCUT2D eigenvalue weighted by Crippen LogP contribution is -2.51. The summed E-state index contributed by atoms with van der Waals surface area (Å²) in [6.45, 7) is 5.61. The number of nitrogens with two attached hydrogens (primary N) is 1. The predicted molar refractivity (Wildman–Crippen MR) is 79.5 cm³/mol. The molecular weight excluding hydrogens is 254 g/mol. The number of rotatable bonds is 7. The third-order valence-electron chi connectivity index (χ3n) is 4.82. The molecule has 1 aliphatic heterocycles. The Bertz CT molecular complexity index is 305. The Morgan fingerprint density at radius 1 is 1.20 bits per heavy atom. The lowest BCUT2D eigenvalue weighted by atomic mass is 9.77. The van der Waals surface area contributed by atoms with Crippen LogP contribution in [0.5, 0.6) is 0 Å². The summed E-state index contributed by atoms with van der Waals surface area (Å²) >= 11 is 0. The van der Waals surface area contributed by atoms with Gasteiger partial charge in [0.15, 0.2) is 0 Å². The summed E-state index contributed by atoms with van der Waals surface area (Å²) in [7, 11) is 1.74. The first kappa shape index (κ1) is 15.7. The SMILES string of the molecule is COC1(CC(=O)N2CCN(CCCCN)CC2)CCC1. The van der Waals surface area contributed by atoms with Crippen LogP contribution < -0.4 is 5.73 Å². The Hall–Kier alpha value is -0.650. The number of hydrogen-bond donors (Lipinski definition) is 1. The highest BCUT2D eigenvalue weighted by Gasteiger charge is 2.40. The molecule has 0 aromatic heterocycles. The fourth-order valence-electron chi connectivity index (χ4n) is 3.11. The molecule has 0 unspecified atom stereocenters. The van der Waals surface area contributed by atoms with Gasteiger partial charge in [0.25, 0.3) is 0 Å². The molecule has 1 heterocycles. The molecule has 2 N–H and O–H groups in total. The van der Waals surface area contributed by atoms with E-state index >= 15 is 0 Å². The Morgan fingerprint density at radius 2 is 1.90 bits per heavy atom. The van der Waals surface area contributed by atoms with Gasteiger partial charge in [0, 0.05) is 33.3 Å². The summed E-state index contributed by atoms with van der Waals surface area (Å²) < 4.78 is 5.55. The van der Waals surface area contributed by atoms with Crippen LogP contribution in [0.25, 0.3) is 0 Å². The molecule has 0 aromatic carbocycles. The molecule has 2 fully saturated rings. The number of amides is 1. The minimum Gasteiger partial charge on any atom is -0.378 e.